The molecule has 0 radical (unpaired) electrons. The summed E-state index contributed by atoms with van der Waals surface area (Å²) in [5.74, 6) is 0. The number of nitrogens with zero attached hydrogens (tertiary/aromatic N) is 1. The van der Waals surface area contributed by atoms with Crippen LogP contribution in [-0.4, -0.2) is 26.7 Å². The Hall–Kier alpha value is -1.02. The summed E-state index contributed by atoms with van der Waals surface area (Å²) >= 11 is 0. The summed E-state index contributed by atoms with van der Waals surface area (Å²) in [4.78, 5) is 2.46. The second kappa shape index (κ2) is 4.46. The lowest BCUT2D eigenvalue weighted by Gasteiger charge is -2.38. The molecule has 0 saturated heterocycles. The number of benzene rings is 1. The number of nitrogens with one attached hydrogen (secondary N) is 1. The smallest absolute Gasteiger partial charge is 0.0431 e. The molecular formula is C14H22N2. The molecule has 1 atom stereocenters. The Balaban J connectivity index is 2.40. The maximum atomic E-state index is 3.29. The third-order valence-electron chi connectivity index (χ3n) is 3.79. The van der Waals surface area contributed by atoms with Crippen molar-refractivity contribution in [2.24, 2.45) is 0 Å². The minimum atomic E-state index is 0.637. The van der Waals surface area contributed by atoms with Gasteiger partial charge in [-0.2, -0.15) is 0 Å². The van der Waals surface area contributed by atoms with Crippen molar-refractivity contribution in [1.29, 1.82) is 0 Å². The van der Waals surface area contributed by atoms with E-state index in [-0.39, 0.29) is 0 Å². The van der Waals surface area contributed by atoms with Crippen molar-refractivity contribution in [3.05, 3.63) is 28.8 Å². The van der Waals surface area contributed by atoms with E-state index in [0.717, 1.165) is 6.54 Å². The molecule has 0 bridgehead atoms. The van der Waals surface area contributed by atoms with Gasteiger partial charge in [0.15, 0.2) is 0 Å². The molecule has 1 unspecified atom stereocenters. The molecule has 1 N–H and O–H groups in total. The molecule has 2 rings (SSSR count). The first-order chi connectivity index (χ1) is 7.65. The third-order valence-corrected chi connectivity index (χ3v) is 3.79. The summed E-state index contributed by atoms with van der Waals surface area (Å²) in [7, 11) is 4.26. The number of aryl methyl sites for hydroxylation is 2. The summed E-state index contributed by atoms with van der Waals surface area (Å²) in [6.07, 6.45) is 2.48. The summed E-state index contributed by atoms with van der Waals surface area (Å²) in [6, 6.07) is 5.13. The standard InChI is InChI=1S/C14H22N2/c1-10-5-6-11(2)14-13(10)8-7-12(9-15-3)16(14)4/h5-6,12,15H,7-9H2,1-4H3. The van der Waals surface area contributed by atoms with Gasteiger partial charge < -0.3 is 10.2 Å². The Kier molecular flexibility index (Phi) is 3.20. The maximum absolute atomic E-state index is 3.29. The monoisotopic (exact) mass is 218 g/mol. The topological polar surface area (TPSA) is 15.3 Å². The van der Waals surface area contributed by atoms with E-state index in [1.807, 2.05) is 7.05 Å². The largest absolute Gasteiger partial charge is 0.370 e. The van der Waals surface area contributed by atoms with E-state index < -0.39 is 0 Å². The van der Waals surface area contributed by atoms with Gasteiger partial charge in [-0.1, -0.05) is 12.1 Å². The van der Waals surface area contributed by atoms with Gasteiger partial charge in [0.1, 0.15) is 0 Å². The fourth-order valence-corrected chi connectivity index (χ4v) is 2.82. The van der Waals surface area contributed by atoms with Crippen LogP contribution in [0.15, 0.2) is 12.1 Å². The van der Waals surface area contributed by atoms with E-state index in [2.05, 4.69) is 43.2 Å². The molecule has 2 nitrogen and oxygen atoms in total. The van der Waals surface area contributed by atoms with Gasteiger partial charge in [-0.15, -0.1) is 0 Å². The molecule has 0 saturated carbocycles. The van der Waals surface area contributed by atoms with Gasteiger partial charge in [0, 0.05) is 25.3 Å². The molecule has 0 aliphatic carbocycles. The van der Waals surface area contributed by atoms with Gasteiger partial charge in [0.2, 0.25) is 0 Å². The van der Waals surface area contributed by atoms with E-state index in [0.29, 0.717) is 6.04 Å². The van der Waals surface area contributed by atoms with Crippen LogP contribution < -0.4 is 10.2 Å². The first kappa shape index (κ1) is 11.5. The minimum Gasteiger partial charge on any atom is -0.370 e. The lowest BCUT2D eigenvalue weighted by Crippen LogP contribution is -2.42. The normalized spacial score (nSPS) is 19.8. The Labute approximate surface area is 98.7 Å². The second-order valence-corrected chi connectivity index (χ2v) is 4.89. The first-order valence-corrected chi connectivity index (χ1v) is 6.11. The SMILES string of the molecule is CNCC1CCc2c(C)ccc(C)c2N1C. The van der Waals surface area contributed by atoms with E-state index in [1.165, 1.54) is 29.7 Å². The number of fused-ring (bicyclic) bond motifs is 1. The van der Waals surface area contributed by atoms with Crippen LogP contribution in [0, 0.1) is 13.8 Å². The highest BCUT2D eigenvalue weighted by Crippen LogP contribution is 2.34. The molecule has 0 amide bonds. The highest BCUT2D eigenvalue weighted by molar-refractivity contribution is 5.63. The maximum Gasteiger partial charge on any atom is 0.0431 e. The average Bonchev–Trinajstić information content (AvgIpc) is 2.27. The molecule has 2 heteroatoms. The Morgan fingerprint density at radius 1 is 1.31 bits per heavy atom. The zero-order valence-corrected chi connectivity index (χ0v) is 10.8. The lowest BCUT2D eigenvalue weighted by molar-refractivity contribution is 0.528. The number of hydrogen-bond acceptors (Lipinski definition) is 2. The van der Waals surface area contributed by atoms with Crippen molar-refractivity contribution >= 4 is 5.69 Å². The van der Waals surface area contributed by atoms with Gasteiger partial charge in [-0.25, -0.2) is 0 Å². The second-order valence-electron chi connectivity index (χ2n) is 4.89. The summed E-state index contributed by atoms with van der Waals surface area (Å²) in [5, 5.41) is 3.29. The first-order valence-electron chi connectivity index (χ1n) is 6.11. The predicted octanol–water partition coefficient (Wildman–Crippen LogP) is 2.27. The van der Waals surface area contributed by atoms with Crippen LogP contribution in [0.4, 0.5) is 5.69 Å². The van der Waals surface area contributed by atoms with Gasteiger partial charge >= 0.3 is 0 Å². The fourth-order valence-electron chi connectivity index (χ4n) is 2.82. The van der Waals surface area contributed by atoms with Gasteiger partial charge in [0.25, 0.3) is 0 Å². The van der Waals surface area contributed by atoms with Crippen molar-refractivity contribution in [2.75, 3.05) is 25.5 Å². The van der Waals surface area contributed by atoms with Crippen molar-refractivity contribution < 1.29 is 0 Å². The Morgan fingerprint density at radius 2 is 2.00 bits per heavy atom. The van der Waals surface area contributed by atoms with E-state index in [4.69, 9.17) is 0 Å². The number of rotatable bonds is 2. The summed E-state index contributed by atoms with van der Waals surface area (Å²) < 4.78 is 0. The Bertz CT molecular complexity index is 385. The van der Waals surface area contributed by atoms with Crippen LogP contribution in [0.1, 0.15) is 23.1 Å². The fraction of sp³-hybridized carbons (Fsp3) is 0.571. The van der Waals surface area contributed by atoms with Gasteiger partial charge in [-0.05, 0) is 50.4 Å². The highest BCUT2D eigenvalue weighted by Gasteiger charge is 2.24. The van der Waals surface area contributed by atoms with Gasteiger partial charge in [-0.3, -0.25) is 0 Å². The van der Waals surface area contributed by atoms with Crippen LogP contribution >= 0.6 is 0 Å². The highest BCUT2D eigenvalue weighted by atomic mass is 15.2. The van der Waals surface area contributed by atoms with Crippen LogP contribution in [0.2, 0.25) is 0 Å². The van der Waals surface area contributed by atoms with Crippen molar-refractivity contribution in [2.45, 2.75) is 32.7 Å². The minimum absolute atomic E-state index is 0.637. The third kappa shape index (κ3) is 1.82. The average molecular weight is 218 g/mol. The Morgan fingerprint density at radius 3 is 2.69 bits per heavy atom. The zero-order chi connectivity index (χ0) is 11.7. The molecule has 0 fully saturated rings. The zero-order valence-electron chi connectivity index (χ0n) is 10.8. The van der Waals surface area contributed by atoms with E-state index in [9.17, 15) is 0 Å². The van der Waals surface area contributed by atoms with Crippen LogP contribution in [0.3, 0.4) is 0 Å². The van der Waals surface area contributed by atoms with Crippen LogP contribution in [-0.2, 0) is 6.42 Å². The van der Waals surface area contributed by atoms with Crippen molar-refractivity contribution in [3.8, 4) is 0 Å². The number of anilines is 1. The van der Waals surface area contributed by atoms with Gasteiger partial charge in [0.05, 0.1) is 0 Å². The van der Waals surface area contributed by atoms with Crippen molar-refractivity contribution in [1.82, 2.24) is 5.32 Å². The molecule has 1 heterocycles. The molecule has 0 spiro atoms. The molecule has 1 aromatic rings. The predicted molar refractivity (Wildman–Crippen MR) is 70.4 cm³/mol. The van der Waals surface area contributed by atoms with E-state index in [1.54, 1.807) is 5.56 Å². The quantitative estimate of drug-likeness (QED) is 0.819. The lowest BCUT2D eigenvalue weighted by atomic mass is 9.90. The molecule has 1 aliphatic heterocycles. The molecule has 88 valence electrons. The number of likely N-dealkylation sites (N-methyl/N-ethyl adjacent to an activating group) is 2. The molecule has 0 aromatic heterocycles. The molecule has 1 aliphatic rings. The molecule has 1 aromatic carbocycles. The molecule has 16 heavy (non-hydrogen) atoms. The van der Waals surface area contributed by atoms with Crippen LogP contribution in [0.5, 0.6) is 0 Å². The van der Waals surface area contributed by atoms with Crippen molar-refractivity contribution in [3.63, 3.8) is 0 Å². The number of hydrogen-bond donors (Lipinski definition) is 1. The van der Waals surface area contributed by atoms with E-state index >= 15 is 0 Å². The molecular weight excluding hydrogens is 196 g/mol. The summed E-state index contributed by atoms with van der Waals surface area (Å²) in [5.41, 5.74) is 5.86. The summed E-state index contributed by atoms with van der Waals surface area (Å²) in [6.45, 7) is 5.52. The van der Waals surface area contributed by atoms with Crippen LogP contribution in [0.25, 0.3) is 0 Å².